The lowest BCUT2D eigenvalue weighted by Gasteiger charge is -2.10. The highest BCUT2D eigenvalue weighted by molar-refractivity contribution is 6.11. The van der Waals surface area contributed by atoms with Crippen molar-refractivity contribution in [3.05, 3.63) is 93.6 Å². The molecule has 4 rings (SSSR count). The number of nitro benzene ring substituents is 1. The van der Waals surface area contributed by atoms with Crippen LogP contribution < -0.4 is 4.74 Å². The third-order valence-electron chi connectivity index (χ3n) is 4.25. The molecule has 0 atom stereocenters. The molecule has 2 heterocycles. The van der Waals surface area contributed by atoms with E-state index in [0.29, 0.717) is 23.5 Å². The Morgan fingerprint density at radius 3 is 2.47 bits per heavy atom. The topological polar surface area (TPSA) is 104 Å². The summed E-state index contributed by atoms with van der Waals surface area (Å²) in [6.07, 6.45) is -1.87. The van der Waals surface area contributed by atoms with E-state index in [0.717, 1.165) is 6.07 Å². The van der Waals surface area contributed by atoms with E-state index < -0.39 is 28.3 Å². The van der Waals surface area contributed by atoms with Crippen LogP contribution in [0.2, 0.25) is 0 Å². The van der Waals surface area contributed by atoms with E-state index in [-0.39, 0.29) is 23.1 Å². The Morgan fingerprint density at radius 2 is 1.84 bits per heavy atom. The molecule has 0 amide bonds. The number of benzene rings is 2. The van der Waals surface area contributed by atoms with Crippen LogP contribution in [-0.4, -0.2) is 16.8 Å². The fraction of sp³-hybridized carbons (Fsp3) is 0.0476. The van der Waals surface area contributed by atoms with Crippen molar-refractivity contribution in [2.75, 3.05) is 0 Å². The zero-order valence-electron chi connectivity index (χ0n) is 15.8. The van der Waals surface area contributed by atoms with Gasteiger partial charge in [-0.1, -0.05) is 12.1 Å². The van der Waals surface area contributed by atoms with Crippen LogP contribution in [-0.2, 0) is 15.7 Å². The summed E-state index contributed by atoms with van der Waals surface area (Å²) in [5.74, 6) is -0.550. The number of furan rings is 1. The Kier molecular flexibility index (Phi) is 5.23. The second-order valence-corrected chi connectivity index (χ2v) is 6.42. The first kappa shape index (κ1) is 20.8. The average Bonchev–Trinajstić information content (AvgIpc) is 3.39. The predicted molar refractivity (Wildman–Crippen MR) is 104 cm³/mol. The van der Waals surface area contributed by atoms with E-state index in [1.54, 1.807) is 12.1 Å². The summed E-state index contributed by atoms with van der Waals surface area (Å²) in [5, 5.41) is 11.2. The van der Waals surface area contributed by atoms with Gasteiger partial charge in [0, 0.05) is 6.07 Å². The molecule has 11 heteroatoms. The highest BCUT2D eigenvalue weighted by Gasteiger charge is 2.33. The van der Waals surface area contributed by atoms with Gasteiger partial charge in [0.05, 0.1) is 16.7 Å². The largest absolute Gasteiger partial charge is 0.459 e. The molecule has 162 valence electrons. The van der Waals surface area contributed by atoms with Crippen molar-refractivity contribution >= 4 is 23.6 Å². The molecule has 0 radical (unpaired) electrons. The molecule has 3 aromatic rings. The minimum Gasteiger partial charge on any atom is -0.459 e. The Balaban J connectivity index is 1.54. The van der Waals surface area contributed by atoms with Crippen LogP contribution in [0.4, 0.5) is 18.9 Å². The van der Waals surface area contributed by atoms with E-state index in [2.05, 4.69) is 4.99 Å². The number of carbonyl (C=O) groups is 1. The third-order valence-corrected chi connectivity index (χ3v) is 4.25. The number of alkyl halides is 3. The van der Waals surface area contributed by atoms with Gasteiger partial charge in [0.25, 0.3) is 5.90 Å². The minimum absolute atomic E-state index is 0.0285. The minimum atomic E-state index is -4.72. The lowest BCUT2D eigenvalue weighted by atomic mass is 10.1. The first-order chi connectivity index (χ1) is 15.2. The quantitative estimate of drug-likeness (QED) is 0.228. The zero-order valence-corrected chi connectivity index (χ0v) is 15.8. The van der Waals surface area contributed by atoms with E-state index in [4.69, 9.17) is 13.9 Å². The number of cyclic esters (lactones) is 1. The molecule has 0 spiro atoms. The van der Waals surface area contributed by atoms with Crippen LogP contribution in [0.25, 0.3) is 6.08 Å². The van der Waals surface area contributed by atoms with E-state index >= 15 is 0 Å². The maximum absolute atomic E-state index is 12.8. The Hall–Kier alpha value is -4.41. The first-order valence-electron chi connectivity index (χ1n) is 8.91. The number of nitro groups is 1. The molecule has 0 aliphatic carbocycles. The van der Waals surface area contributed by atoms with Crippen LogP contribution in [0.1, 0.15) is 16.9 Å². The van der Waals surface area contributed by atoms with Gasteiger partial charge in [0.1, 0.15) is 5.75 Å². The number of hydrogen-bond acceptors (Lipinski definition) is 7. The standard InChI is InChI=1S/C21H11F3N2O6/c22-21(23,24)13-5-8-17(16(11-13)26(28)29)31-14-6-3-12(4-7-14)10-15-20(27)32-19(25-15)18-2-1-9-30-18/h1-11H/b15-10-. The molecular formula is C21H11F3N2O6. The molecule has 0 fully saturated rings. The maximum atomic E-state index is 12.8. The number of esters is 1. The highest BCUT2D eigenvalue weighted by Crippen LogP contribution is 2.37. The van der Waals surface area contributed by atoms with Crippen molar-refractivity contribution in [1.29, 1.82) is 0 Å². The van der Waals surface area contributed by atoms with Crippen LogP contribution in [0.15, 0.2) is 76.0 Å². The molecule has 8 nitrogen and oxygen atoms in total. The SMILES string of the molecule is O=C1OC(c2ccco2)=N/C1=C\c1ccc(Oc2ccc(C(F)(F)F)cc2[N+](=O)[O-])cc1. The molecule has 0 unspecified atom stereocenters. The second kappa shape index (κ2) is 8.02. The molecule has 1 aromatic heterocycles. The van der Waals surface area contributed by atoms with Gasteiger partial charge >= 0.3 is 17.8 Å². The molecule has 2 aromatic carbocycles. The number of halogens is 3. The Labute approximate surface area is 177 Å². The molecule has 0 saturated carbocycles. The Bertz CT molecular complexity index is 1250. The van der Waals surface area contributed by atoms with Gasteiger partial charge < -0.3 is 13.9 Å². The van der Waals surface area contributed by atoms with Crippen LogP contribution in [0.3, 0.4) is 0 Å². The number of ether oxygens (including phenoxy) is 2. The maximum Gasteiger partial charge on any atom is 0.416 e. The summed E-state index contributed by atoms with van der Waals surface area (Å²) >= 11 is 0. The number of aliphatic imine (C=N–C) groups is 1. The van der Waals surface area contributed by atoms with Crippen molar-refractivity contribution in [3.63, 3.8) is 0 Å². The molecule has 0 saturated heterocycles. The van der Waals surface area contributed by atoms with Crippen molar-refractivity contribution in [2.45, 2.75) is 6.18 Å². The normalized spacial score (nSPS) is 14.9. The fourth-order valence-electron chi connectivity index (χ4n) is 2.75. The third kappa shape index (κ3) is 4.36. The summed E-state index contributed by atoms with van der Waals surface area (Å²) < 4.78 is 54.0. The summed E-state index contributed by atoms with van der Waals surface area (Å²) in [4.78, 5) is 26.3. The van der Waals surface area contributed by atoms with E-state index in [1.165, 1.54) is 36.6 Å². The second-order valence-electron chi connectivity index (χ2n) is 6.42. The molecule has 0 bridgehead atoms. The summed E-state index contributed by atoms with van der Waals surface area (Å²) in [5.41, 5.74) is -1.41. The van der Waals surface area contributed by atoms with Crippen LogP contribution in [0.5, 0.6) is 11.5 Å². The first-order valence-corrected chi connectivity index (χ1v) is 8.91. The van der Waals surface area contributed by atoms with E-state index in [9.17, 15) is 28.1 Å². The fourth-order valence-corrected chi connectivity index (χ4v) is 2.75. The number of nitrogens with zero attached hydrogens (tertiary/aromatic N) is 2. The molecule has 1 aliphatic heterocycles. The lowest BCUT2D eigenvalue weighted by Crippen LogP contribution is -2.06. The molecule has 1 aliphatic rings. The van der Waals surface area contributed by atoms with Crippen LogP contribution >= 0.6 is 0 Å². The smallest absolute Gasteiger partial charge is 0.416 e. The summed E-state index contributed by atoms with van der Waals surface area (Å²) in [6.45, 7) is 0. The van der Waals surface area contributed by atoms with E-state index in [1.807, 2.05) is 0 Å². The zero-order chi connectivity index (χ0) is 22.9. The lowest BCUT2D eigenvalue weighted by molar-refractivity contribution is -0.385. The van der Waals surface area contributed by atoms with Gasteiger partial charge in [-0.2, -0.15) is 13.2 Å². The van der Waals surface area contributed by atoms with Crippen molar-refractivity contribution < 1.29 is 36.8 Å². The number of hydrogen-bond donors (Lipinski definition) is 0. The van der Waals surface area contributed by atoms with Crippen molar-refractivity contribution in [3.8, 4) is 11.5 Å². The van der Waals surface area contributed by atoms with Gasteiger partial charge in [0.15, 0.2) is 11.5 Å². The number of carbonyl (C=O) groups excluding carboxylic acids is 1. The van der Waals surface area contributed by atoms with Gasteiger partial charge in [-0.3, -0.25) is 10.1 Å². The van der Waals surface area contributed by atoms with Gasteiger partial charge in [0.2, 0.25) is 5.75 Å². The summed E-state index contributed by atoms with van der Waals surface area (Å²) in [6, 6.07) is 11.1. The average molecular weight is 444 g/mol. The molecule has 32 heavy (non-hydrogen) atoms. The molecule has 0 N–H and O–H groups in total. The predicted octanol–water partition coefficient (Wildman–Crippen LogP) is 5.34. The van der Waals surface area contributed by atoms with Crippen molar-refractivity contribution in [1.82, 2.24) is 0 Å². The highest BCUT2D eigenvalue weighted by atomic mass is 19.4. The van der Waals surface area contributed by atoms with Gasteiger partial charge in [-0.25, -0.2) is 9.79 Å². The number of rotatable bonds is 5. The van der Waals surface area contributed by atoms with Crippen LogP contribution in [0, 0.1) is 10.1 Å². The monoisotopic (exact) mass is 444 g/mol. The molecular weight excluding hydrogens is 433 g/mol. The summed E-state index contributed by atoms with van der Waals surface area (Å²) in [7, 11) is 0. The van der Waals surface area contributed by atoms with Crippen molar-refractivity contribution in [2.24, 2.45) is 4.99 Å². The van der Waals surface area contributed by atoms with Gasteiger partial charge in [-0.05, 0) is 48.0 Å². The Morgan fingerprint density at radius 1 is 1.09 bits per heavy atom. The van der Waals surface area contributed by atoms with Gasteiger partial charge in [-0.15, -0.1) is 0 Å².